The summed E-state index contributed by atoms with van der Waals surface area (Å²) < 4.78 is 9.95. The summed E-state index contributed by atoms with van der Waals surface area (Å²) in [6.45, 7) is 17.0. The molecule has 1 saturated heterocycles. The zero-order valence-corrected chi connectivity index (χ0v) is 15.6. The topological polar surface area (TPSA) is 55.8 Å². The van der Waals surface area contributed by atoms with Gasteiger partial charge in [-0.3, -0.25) is 14.5 Å². The highest BCUT2D eigenvalue weighted by Crippen LogP contribution is 2.33. The van der Waals surface area contributed by atoms with E-state index in [1.54, 1.807) is 0 Å². The molecular weight excluding hydrogens is 282 g/mol. The van der Waals surface area contributed by atoms with Gasteiger partial charge in [0.2, 0.25) is 0 Å². The van der Waals surface area contributed by atoms with E-state index in [2.05, 4.69) is 23.5 Å². The molecule has 1 aliphatic heterocycles. The third kappa shape index (κ3) is 9.03. The number of hydrogen-bond acceptors (Lipinski definition) is 5. The molecule has 5 nitrogen and oxygen atoms in total. The Balaban J connectivity index is 0.000000534. The van der Waals surface area contributed by atoms with Gasteiger partial charge in [0.05, 0.1) is 0 Å². The summed E-state index contributed by atoms with van der Waals surface area (Å²) in [6.07, 6.45) is 0.887. The summed E-state index contributed by atoms with van der Waals surface area (Å²) in [7, 11) is 1.99. The molecule has 0 unspecified atom stereocenters. The van der Waals surface area contributed by atoms with Crippen LogP contribution in [-0.4, -0.2) is 48.2 Å². The van der Waals surface area contributed by atoms with Crippen LogP contribution < -0.4 is 0 Å². The van der Waals surface area contributed by atoms with E-state index in [0.717, 1.165) is 13.0 Å². The van der Waals surface area contributed by atoms with Crippen LogP contribution in [-0.2, 0) is 19.1 Å². The Bertz CT molecular complexity index is 377. The number of carbonyl (C=O) groups excluding carboxylic acids is 2. The van der Waals surface area contributed by atoms with Gasteiger partial charge in [-0.25, -0.2) is 0 Å². The van der Waals surface area contributed by atoms with Crippen molar-refractivity contribution in [3.05, 3.63) is 0 Å². The molecule has 5 heteroatoms. The van der Waals surface area contributed by atoms with Gasteiger partial charge < -0.3 is 9.47 Å². The second kappa shape index (κ2) is 7.44. The molecule has 1 rings (SSSR count). The summed E-state index contributed by atoms with van der Waals surface area (Å²) >= 11 is 0. The van der Waals surface area contributed by atoms with Crippen molar-refractivity contribution < 1.29 is 19.1 Å². The quantitative estimate of drug-likeness (QED) is 0.579. The van der Waals surface area contributed by atoms with Gasteiger partial charge in [-0.2, -0.15) is 0 Å². The van der Waals surface area contributed by atoms with Crippen LogP contribution in [0.25, 0.3) is 0 Å². The highest BCUT2D eigenvalue weighted by molar-refractivity contribution is 5.76. The zero-order chi connectivity index (χ0) is 17.8. The highest BCUT2D eigenvalue weighted by Gasteiger charge is 2.41. The molecular formula is C17H33NO4. The van der Waals surface area contributed by atoms with E-state index in [9.17, 15) is 9.59 Å². The summed E-state index contributed by atoms with van der Waals surface area (Å²) in [5.74, 6) is -0.0874. The maximum atomic E-state index is 11.9. The average Bonchev–Trinajstić information content (AvgIpc) is 2.48. The fraction of sp³-hybridized carbons (Fsp3) is 0.882. The highest BCUT2D eigenvalue weighted by atomic mass is 16.6. The molecule has 0 aromatic carbocycles. The van der Waals surface area contributed by atoms with E-state index in [4.69, 9.17) is 4.74 Å². The number of hydrogen-bond donors (Lipinski definition) is 0. The number of carbonyl (C=O) groups is 2. The predicted molar refractivity (Wildman–Crippen MR) is 87.6 cm³/mol. The second-order valence-electron chi connectivity index (χ2n) is 8.66. The summed E-state index contributed by atoms with van der Waals surface area (Å²) in [6, 6.07) is -0.0702. The Labute approximate surface area is 135 Å². The lowest BCUT2D eigenvalue weighted by Crippen LogP contribution is -2.38. The molecule has 1 heterocycles. The second-order valence-corrected chi connectivity index (χ2v) is 8.66. The fourth-order valence-electron chi connectivity index (χ4n) is 2.31. The molecule has 1 aliphatic rings. The Morgan fingerprint density at radius 1 is 1.14 bits per heavy atom. The molecule has 1 fully saturated rings. The molecule has 1 atom stereocenters. The largest absolute Gasteiger partial charge is 0.462 e. The number of likely N-dealkylation sites (tertiary alicyclic amines) is 1. The van der Waals surface area contributed by atoms with Crippen molar-refractivity contribution in [3.8, 4) is 0 Å². The van der Waals surface area contributed by atoms with Crippen molar-refractivity contribution in [2.24, 2.45) is 5.41 Å². The monoisotopic (exact) mass is 315 g/mol. The minimum atomic E-state index is -0.384. The Hall–Kier alpha value is -1.10. The first-order chi connectivity index (χ1) is 9.67. The summed E-state index contributed by atoms with van der Waals surface area (Å²) in [5, 5.41) is 0. The first kappa shape index (κ1) is 20.9. The fourth-order valence-corrected chi connectivity index (χ4v) is 2.31. The molecule has 0 aromatic rings. The molecule has 0 amide bonds. The number of likely N-dealkylation sites (N-methyl/N-ethyl adjacent to an activating group) is 1. The first-order valence-electron chi connectivity index (χ1n) is 7.71. The molecule has 0 radical (unpaired) electrons. The lowest BCUT2D eigenvalue weighted by atomic mass is 9.91. The SMILES string of the molecule is CC(C)(C)OC=O.CN1CC(C)(C)C[C@H]1C(=O)OC(C)(C)C. The van der Waals surface area contributed by atoms with Crippen molar-refractivity contribution in [2.45, 2.75) is 79.1 Å². The maximum Gasteiger partial charge on any atom is 0.323 e. The standard InChI is InChI=1S/C12H23NO2.C5H10O2/c1-11(2,3)15-10(14)9-7-12(4,5)8-13(9)6;1-5(2,3)7-4-6/h9H,7-8H2,1-6H3;4H,1-3H3/t9-;/m0./s1. The molecule has 0 bridgehead atoms. The number of esters is 1. The number of rotatable bonds is 2. The Morgan fingerprint density at radius 3 is 1.86 bits per heavy atom. The average molecular weight is 315 g/mol. The number of nitrogens with zero attached hydrogens (tertiary/aromatic N) is 1. The Kier molecular flexibility index (Phi) is 7.07. The van der Waals surface area contributed by atoms with Gasteiger partial charge in [0.1, 0.15) is 17.2 Å². The smallest absolute Gasteiger partial charge is 0.323 e. The minimum Gasteiger partial charge on any atom is -0.462 e. The van der Waals surface area contributed by atoms with E-state index in [1.807, 2.05) is 48.6 Å². The van der Waals surface area contributed by atoms with Crippen LogP contribution in [0.1, 0.15) is 61.8 Å². The molecule has 0 spiro atoms. The van der Waals surface area contributed by atoms with Crippen LogP contribution in [0.15, 0.2) is 0 Å². The van der Waals surface area contributed by atoms with Crippen LogP contribution in [0, 0.1) is 5.41 Å². The van der Waals surface area contributed by atoms with Crippen LogP contribution >= 0.6 is 0 Å². The van der Waals surface area contributed by atoms with Gasteiger partial charge in [0.15, 0.2) is 0 Å². The molecule has 0 saturated carbocycles. The van der Waals surface area contributed by atoms with Crippen molar-refractivity contribution in [1.29, 1.82) is 0 Å². The number of ether oxygens (including phenoxy) is 2. The maximum absolute atomic E-state index is 11.9. The first-order valence-corrected chi connectivity index (χ1v) is 7.71. The van der Waals surface area contributed by atoms with Crippen LogP contribution in [0.5, 0.6) is 0 Å². The van der Waals surface area contributed by atoms with Gasteiger partial charge >= 0.3 is 5.97 Å². The van der Waals surface area contributed by atoms with E-state index in [1.165, 1.54) is 0 Å². The summed E-state index contributed by atoms with van der Waals surface area (Å²) in [5.41, 5.74) is -0.483. The van der Waals surface area contributed by atoms with E-state index >= 15 is 0 Å². The normalized spacial score (nSPS) is 21.6. The van der Waals surface area contributed by atoms with Gasteiger partial charge in [0, 0.05) is 6.54 Å². The molecule has 130 valence electrons. The van der Waals surface area contributed by atoms with Crippen LogP contribution in [0.2, 0.25) is 0 Å². The molecule has 0 N–H and O–H groups in total. The van der Waals surface area contributed by atoms with Crippen LogP contribution in [0.3, 0.4) is 0 Å². The Morgan fingerprint density at radius 2 is 1.64 bits per heavy atom. The van der Waals surface area contributed by atoms with Gasteiger partial charge in [-0.05, 0) is 60.4 Å². The zero-order valence-electron chi connectivity index (χ0n) is 15.6. The van der Waals surface area contributed by atoms with E-state index in [-0.39, 0.29) is 28.6 Å². The third-order valence-electron chi connectivity index (χ3n) is 3.04. The van der Waals surface area contributed by atoms with Gasteiger partial charge in [0.25, 0.3) is 6.47 Å². The van der Waals surface area contributed by atoms with Crippen molar-refractivity contribution in [2.75, 3.05) is 13.6 Å². The van der Waals surface area contributed by atoms with E-state index in [0.29, 0.717) is 6.47 Å². The molecule has 0 aromatic heterocycles. The molecule has 0 aliphatic carbocycles. The lowest BCUT2D eigenvalue weighted by Gasteiger charge is -2.24. The minimum absolute atomic E-state index is 0.0702. The molecule has 22 heavy (non-hydrogen) atoms. The van der Waals surface area contributed by atoms with Crippen molar-refractivity contribution in [3.63, 3.8) is 0 Å². The third-order valence-corrected chi connectivity index (χ3v) is 3.04. The van der Waals surface area contributed by atoms with Gasteiger partial charge in [-0.15, -0.1) is 0 Å². The van der Waals surface area contributed by atoms with Gasteiger partial charge in [-0.1, -0.05) is 13.8 Å². The van der Waals surface area contributed by atoms with E-state index < -0.39 is 0 Å². The lowest BCUT2D eigenvalue weighted by molar-refractivity contribution is -0.159. The predicted octanol–water partition coefficient (Wildman–Crippen LogP) is 3.02. The van der Waals surface area contributed by atoms with Crippen molar-refractivity contribution >= 4 is 12.4 Å². The van der Waals surface area contributed by atoms with Crippen molar-refractivity contribution in [1.82, 2.24) is 4.90 Å². The van der Waals surface area contributed by atoms with Crippen LogP contribution in [0.4, 0.5) is 0 Å². The summed E-state index contributed by atoms with van der Waals surface area (Å²) in [4.78, 5) is 23.6.